The number of nitrogens with one attached hydrogen (secondary N) is 3. The van der Waals surface area contributed by atoms with E-state index in [0.717, 1.165) is 6.07 Å². The van der Waals surface area contributed by atoms with Gasteiger partial charge in [-0.15, -0.1) is 0 Å². The standard InChI is InChI=1S/C22H20N4O7S/c1-14(27)23-20-11-10-15(12-21(20)33-2)24-22(28)18-8-3-4-9-19(18)25-34(31,32)17-7-5-6-16(13-17)26(29)30/h3-13,25H,1-2H3,(H,23,27)(H,24,28). The molecule has 0 radical (unpaired) electrons. The zero-order valence-electron chi connectivity index (χ0n) is 18.1. The van der Waals surface area contributed by atoms with Gasteiger partial charge in [0.05, 0.1) is 33.9 Å². The maximum atomic E-state index is 12.9. The lowest BCUT2D eigenvalue weighted by Gasteiger charge is -2.14. The van der Waals surface area contributed by atoms with Crippen molar-refractivity contribution in [3.8, 4) is 5.75 Å². The van der Waals surface area contributed by atoms with Gasteiger partial charge in [-0.05, 0) is 30.3 Å². The summed E-state index contributed by atoms with van der Waals surface area (Å²) in [6, 6.07) is 15.1. The zero-order valence-corrected chi connectivity index (χ0v) is 18.9. The van der Waals surface area contributed by atoms with Crippen molar-refractivity contribution in [2.75, 3.05) is 22.5 Å². The number of carbonyl (C=O) groups excluding carboxylic acids is 2. The maximum Gasteiger partial charge on any atom is 0.270 e. The fourth-order valence-corrected chi connectivity index (χ4v) is 4.12. The Hall–Kier alpha value is -4.45. The quantitative estimate of drug-likeness (QED) is 0.325. The lowest BCUT2D eigenvalue weighted by atomic mass is 10.1. The van der Waals surface area contributed by atoms with Crippen LogP contribution in [0.4, 0.5) is 22.7 Å². The first kappa shape index (κ1) is 24.2. The van der Waals surface area contributed by atoms with E-state index in [9.17, 15) is 28.1 Å². The third-order valence-electron chi connectivity index (χ3n) is 4.52. The van der Waals surface area contributed by atoms with E-state index >= 15 is 0 Å². The summed E-state index contributed by atoms with van der Waals surface area (Å²) in [7, 11) is -2.81. The summed E-state index contributed by atoms with van der Waals surface area (Å²) < 4.78 is 33.1. The zero-order chi connectivity index (χ0) is 24.9. The molecular weight excluding hydrogens is 464 g/mol. The van der Waals surface area contributed by atoms with Gasteiger partial charge >= 0.3 is 0 Å². The fourth-order valence-electron chi connectivity index (χ4n) is 3.00. The molecule has 0 saturated heterocycles. The number of ether oxygens (including phenoxy) is 1. The minimum absolute atomic E-state index is 0.0152. The molecule has 0 bridgehead atoms. The molecule has 0 aromatic heterocycles. The topological polar surface area (TPSA) is 157 Å². The summed E-state index contributed by atoms with van der Waals surface area (Å²) in [6.07, 6.45) is 0. The number of rotatable bonds is 8. The lowest BCUT2D eigenvalue weighted by Crippen LogP contribution is -2.18. The Balaban J connectivity index is 1.86. The van der Waals surface area contributed by atoms with Gasteiger partial charge in [-0.1, -0.05) is 18.2 Å². The number of nitro groups is 1. The highest BCUT2D eigenvalue weighted by atomic mass is 32.2. The number of non-ortho nitro benzene ring substituents is 1. The Morgan fingerprint density at radius 3 is 2.35 bits per heavy atom. The van der Waals surface area contributed by atoms with Gasteiger partial charge in [0.15, 0.2) is 0 Å². The number of benzene rings is 3. The van der Waals surface area contributed by atoms with Crippen LogP contribution < -0.4 is 20.1 Å². The molecule has 176 valence electrons. The minimum Gasteiger partial charge on any atom is -0.494 e. The van der Waals surface area contributed by atoms with Gasteiger partial charge in [-0.3, -0.25) is 24.4 Å². The summed E-state index contributed by atoms with van der Waals surface area (Å²) in [5.74, 6) is -0.598. The van der Waals surface area contributed by atoms with Crippen molar-refractivity contribution in [1.29, 1.82) is 0 Å². The average molecular weight is 484 g/mol. The monoisotopic (exact) mass is 484 g/mol. The van der Waals surface area contributed by atoms with Crippen LogP contribution in [0.25, 0.3) is 0 Å². The first-order chi connectivity index (χ1) is 16.1. The van der Waals surface area contributed by atoms with E-state index in [0.29, 0.717) is 17.1 Å². The van der Waals surface area contributed by atoms with Gasteiger partial charge in [0.1, 0.15) is 5.75 Å². The molecule has 0 unspecified atom stereocenters. The molecule has 0 aliphatic rings. The molecule has 2 amide bonds. The molecule has 0 aliphatic carbocycles. The van der Waals surface area contributed by atoms with Crippen LogP contribution in [0.15, 0.2) is 71.6 Å². The fraction of sp³-hybridized carbons (Fsp3) is 0.0909. The molecule has 0 spiro atoms. The smallest absolute Gasteiger partial charge is 0.270 e. The summed E-state index contributed by atoms with van der Waals surface area (Å²) in [5.41, 5.74) is 0.366. The van der Waals surface area contributed by atoms with Crippen LogP contribution >= 0.6 is 0 Å². The number of amides is 2. The van der Waals surface area contributed by atoms with Crippen LogP contribution in [-0.2, 0) is 14.8 Å². The van der Waals surface area contributed by atoms with Crippen molar-refractivity contribution in [2.45, 2.75) is 11.8 Å². The Morgan fingerprint density at radius 2 is 1.68 bits per heavy atom. The number of hydrogen-bond donors (Lipinski definition) is 3. The number of carbonyl (C=O) groups is 2. The van der Waals surface area contributed by atoms with Crippen molar-refractivity contribution >= 4 is 44.6 Å². The number of nitro benzene ring substituents is 1. The predicted octanol–water partition coefficient (Wildman–Crippen LogP) is 3.61. The molecule has 0 aliphatic heterocycles. The predicted molar refractivity (Wildman–Crippen MR) is 126 cm³/mol. The summed E-state index contributed by atoms with van der Waals surface area (Å²) in [5, 5.41) is 16.2. The van der Waals surface area contributed by atoms with E-state index in [1.165, 1.54) is 56.5 Å². The highest BCUT2D eigenvalue weighted by Crippen LogP contribution is 2.29. The molecule has 3 aromatic carbocycles. The number of anilines is 3. The van der Waals surface area contributed by atoms with Crippen LogP contribution in [0.3, 0.4) is 0 Å². The molecule has 0 saturated carbocycles. The van der Waals surface area contributed by atoms with Crippen molar-refractivity contribution in [3.63, 3.8) is 0 Å². The molecule has 34 heavy (non-hydrogen) atoms. The highest BCUT2D eigenvalue weighted by Gasteiger charge is 2.21. The molecule has 0 heterocycles. The van der Waals surface area contributed by atoms with E-state index < -0.39 is 20.9 Å². The Morgan fingerprint density at radius 1 is 0.941 bits per heavy atom. The number of methoxy groups -OCH3 is 1. The molecule has 3 aromatic rings. The maximum absolute atomic E-state index is 12.9. The molecule has 0 atom stereocenters. The Labute approximate surface area is 195 Å². The number of para-hydroxylation sites is 1. The Kier molecular flexibility index (Phi) is 7.12. The van der Waals surface area contributed by atoms with Gasteiger partial charge in [0.2, 0.25) is 5.91 Å². The third kappa shape index (κ3) is 5.66. The highest BCUT2D eigenvalue weighted by molar-refractivity contribution is 7.92. The lowest BCUT2D eigenvalue weighted by molar-refractivity contribution is -0.385. The van der Waals surface area contributed by atoms with Crippen molar-refractivity contribution in [2.24, 2.45) is 0 Å². The summed E-state index contributed by atoms with van der Waals surface area (Å²) in [6.45, 7) is 1.35. The van der Waals surface area contributed by atoms with Gasteiger partial charge in [-0.25, -0.2) is 8.42 Å². The molecule has 12 heteroatoms. The minimum atomic E-state index is -4.22. The van der Waals surface area contributed by atoms with Crippen molar-refractivity contribution in [1.82, 2.24) is 0 Å². The number of nitrogens with zero attached hydrogens (tertiary/aromatic N) is 1. The third-order valence-corrected chi connectivity index (χ3v) is 5.89. The van der Waals surface area contributed by atoms with Crippen LogP contribution in [0.2, 0.25) is 0 Å². The van der Waals surface area contributed by atoms with Crippen LogP contribution in [0.1, 0.15) is 17.3 Å². The van der Waals surface area contributed by atoms with E-state index in [4.69, 9.17) is 4.74 Å². The SMILES string of the molecule is COc1cc(NC(=O)c2ccccc2NS(=O)(=O)c2cccc([N+](=O)[O-])c2)ccc1NC(C)=O. The number of hydrogen-bond acceptors (Lipinski definition) is 7. The molecule has 0 fully saturated rings. The van der Waals surface area contributed by atoms with Gasteiger partial charge in [0, 0.05) is 30.8 Å². The average Bonchev–Trinajstić information content (AvgIpc) is 2.79. The molecular formula is C22H20N4O7S. The first-order valence-corrected chi connectivity index (χ1v) is 11.2. The van der Waals surface area contributed by atoms with E-state index in [1.807, 2.05) is 0 Å². The first-order valence-electron chi connectivity index (χ1n) is 9.74. The van der Waals surface area contributed by atoms with Gasteiger partial charge in [0.25, 0.3) is 21.6 Å². The van der Waals surface area contributed by atoms with E-state index in [-0.39, 0.29) is 27.7 Å². The van der Waals surface area contributed by atoms with E-state index in [2.05, 4.69) is 15.4 Å². The second-order valence-corrected chi connectivity index (χ2v) is 8.64. The molecule has 3 rings (SSSR count). The normalized spacial score (nSPS) is 10.8. The van der Waals surface area contributed by atoms with Crippen LogP contribution in [0, 0.1) is 10.1 Å². The summed E-state index contributed by atoms with van der Waals surface area (Å²) in [4.78, 5) is 34.2. The molecule has 11 nitrogen and oxygen atoms in total. The number of sulfonamides is 1. The second-order valence-electron chi connectivity index (χ2n) is 6.96. The largest absolute Gasteiger partial charge is 0.494 e. The second kappa shape index (κ2) is 10.0. The van der Waals surface area contributed by atoms with Crippen molar-refractivity contribution < 1.29 is 27.7 Å². The van der Waals surface area contributed by atoms with Crippen LogP contribution in [-0.4, -0.2) is 32.3 Å². The molecule has 3 N–H and O–H groups in total. The summed E-state index contributed by atoms with van der Waals surface area (Å²) >= 11 is 0. The van der Waals surface area contributed by atoms with E-state index in [1.54, 1.807) is 18.2 Å². The van der Waals surface area contributed by atoms with Gasteiger partial charge < -0.3 is 15.4 Å². The van der Waals surface area contributed by atoms with Crippen LogP contribution in [0.5, 0.6) is 5.75 Å². The van der Waals surface area contributed by atoms with Gasteiger partial charge in [-0.2, -0.15) is 0 Å². The van der Waals surface area contributed by atoms with Crippen molar-refractivity contribution in [3.05, 3.63) is 82.4 Å². The Bertz CT molecular complexity index is 1370.